The Labute approximate surface area is 100 Å². The van der Waals surface area contributed by atoms with Crippen molar-refractivity contribution in [3.05, 3.63) is 29.6 Å². The molecule has 0 radical (unpaired) electrons. The van der Waals surface area contributed by atoms with E-state index in [1.54, 1.807) is 19.1 Å². The van der Waals surface area contributed by atoms with Gasteiger partial charge in [-0.05, 0) is 37.5 Å². The van der Waals surface area contributed by atoms with Crippen LogP contribution in [0.5, 0.6) is 0 Å². The normalized spacial score (nSPS) is 16.9. The third kappa shape index (κ3) is 2.76. The molecule has 94 valence electrons. The molecule has 3 nitrogen and oxygen atoms in total. The van der Waals surface area contributed by atoms with Gasteiger partial charge in [0.15, 0.2) is 0 Å². The van der Waals surface area contributed by atoms with E-state index in [1.807, 2.05) is 4.90 Å². The molecule has 17 heavy (non-hydrogen) atoms. The van der Waals surface area contributed by atoms with Crippen molar-refractivity contribution in [3.63, 3.8) is 0 Å². The van der Waals surface area contributed by atoms with Crippen LogP contribution >= 0.6 is 0 Å². The van der Waals surface area contributed by atoms with Crippen molar-refractivity contribution in [2.24, 2.45) is 0 Å². The zero-order valence-corrected chi connectivity index (χ0v) is 9.93. The number of benzene rings is 1. The van der Waals surface area contributed by atoms with E-state index in [9.17, 15) is 9.50 Å². The van der Waals surface area contributed by atoms with Gasteiger partial charge in [-0.3, -0.25) is 0 Å². The van der Waals surface area contributed by atoms with Crippen molar-refractivity contribution < 1.29 is 14.6 Å². The molecular weight excluding hydrogens is 221 g/mol. The molecule has 1 unspecified atom stereocenters. The minimum absolute atomic E-state index is 0.0219. The Bertz CT molecular complexity index is 391. The fourth-order valence-electron chi connectivity index (χ4n) is 2.01. The maximum atomic E-state index is 13.9. The van der Waals surface area contributed by atoms with Crippen molar-refractivity contribution >= 4 is 5.69 Å². The maximum Gasteiger partial charge on any atom is 0.146 e. The van der Waals surface area contributed by atoms with Crippen LogP contribution in [-0.2, 0) is 0 Å². The molecular formula is C13H18FNO2. The topological polar surface area (TPSA) is 43.7 Å². The second-order valence-electron chi connectivity index (χ2n) is 4.53. The summed E-state index contributed by atoms with van der Waals surface area (Å²) >= 11 is 0. The summed E-state index contributed by atoms with van der Waals surface area (Å²) in [4.78, 5) is 1.90. The summed E-state index contributed by atoms with van der Waals surface area (Å²) in [5.74, 6) is -0.330. The Hall–Kier alpha value is -1.13. The number of anilines is 1. The lowest BCUT2D eigenvalue weighted by Crippen LogP contribution is -2.29. The van der Waals surface area contributed by atoms with Gasteiger partial charge >= 0.3 is 0 Å². The molecule has 0 aliphatic heterocycles. The minimum atomic E-state index is -0.661. The van der Waals surface area contributed by atoms with Crippen LogP contribution in [-0.4, -0.2) is 29.4 Å². The molecule has 0 spiro atoms. The van der Waals surface area contributed by atoms with Gasteiger partial charge in [-0.25, -0.2) is 4.39 Å². The zero-order valence-electron chi connectivity index (χ0n) is 9.93. The minimum Gasteiger partial charge on any atom is -0.395 e. The first kappa shape index (κ1) is 12.3. The molecule has 2 rings (SSSR count). The number of aliphatic hydroxyl groups excluding tert-OH is 2. The van der Waals surface area contributed by atoms with E-state index in [-0.39, 0.29) is 12.4 Å². The summed E-state index contributed by atoms with van der Waals surface area (Å²) in [7, 11) is 0. The second kappa shape index (κ2) is 5.02. The quantitative estimate of drug-likeness (QED) is 0.824. The lowest BCUT2D eigenvalue weighted by molar-refractivity contribution is 0.199. The molecule has 1 aromatic carbocycles. The van der Waals surface area contributed by atoms with Crippen LogP contribution in [0.25, 0.3) is 0 Å². The Morgan fingerprint density at radius 2 is 2.18 bits per heavy atom. The number of nitrogens with zero attached hydrogens (tertiary/aromatic N) is 1. The van der Waals surface area contributed by atoms with E-state index in [0.29, 0.717) is 23.8 Å². The van der Waals surface area contributed by atoms with Crippen molar-refractivity contribution in [2.75, 3.05) is 18.1 Å². The number of halogens is 1. The fraction of sp³-hybridized carbons (Fsp3) is 0.538. The molecule has 1 aromatic rings. The largest absolute Gasteiger partial charge is 0.395 e. The fourth-order valence-corrected chi connectivity index (χ4v) is 2.01. The van der Waals surface area contributed by atoms with E-state index in [2.05, 4.69) is 0 Å². The summed E-state index contributed by atoms with van der Waals surface area (Å²) in [6.45, 7) is 2.09. The highest BCUT2D eigenvalue weighted by atomic mass is 19.1. The molecule has 0 amide bonds. The van der Waals surface area contributed by atoms with E-state index in [4.69, 9.17) is 5.11 Å². The van der Waals surface area contributed by atoms with Gasteiger partial charge in [-0.15, -0.1) is 0 Å². The Balaban J connectivity index is 2.24. The van der Waals surface area contributed by atoms with Crippen molar-refractivity contribution in [1.29, 1.82) is 0 Å². The third-order valence-corrected chi connectivity index (χ3v) is 3.09. The first-order chi connectivity index (χ1) is 8.13. The average molecular weight is 239 g/mol. The van der Waals surface area contributed by atoms with Crippen LogP contribution in [0.15, 0.2) is 18.2 Å². The van der Waals surface area contributed by atoms with Gasteiger partial charge in [0.2, 0.25) is 0 Å². The van der Waals surface area contributed by atoms with Crippen LogP contribution in [0.1, 0.15) is 31.4 Å². The summed E-state index contributed by atoms with van der Waals surface area (Å²) in [5, 5.41) is 18.4. The van der Waals surface area contributed by atoms with Crippen molar-refractivity contribution in [1.82, 2.24) is 0 Å². The predicted molar refractivity (Wildman–Crippen MR) is 64.5 cm³/mol. The summed E-state index contributed by atoms with van der Waals surface area (Å²) in [5.41, 5.74) is 1.09. The average Bonchev–Trinajstić information content (AvgIpc) is 3.10. The molecule has 1 saturated carbocycles. The smallest absolute Gasteiger partial charge is 0.146 e. The molecule has 0 aromatic heterocycles. The van der Waals surface area contributed by atoms with E-state index in [1.165, 1.54) is 6.07 Å². The Morgan fingerprint density at radius 3 is 2.65 bits per heavy atom. The number of rotatable bonds is 5. The van der Waals surface area contributed by atoms with Crippen LogP contribution in [0.3, 0.4) is 0 Å². The van der Waals surface area contributed by atoms with Gasteiger partial charge in [-0.1, -0.05) is 6.07 Å². The number of hydrogen-bond acceptors (Lipinski definition) is 3. The molecule has 1 fully saturated rings. The van der Waals surface area contributed by atoms with Crippen LogP contribution in [0, 0.1) is 5.82 Å². The van der Waals surface area contributed by atoms with E-state index >= 15 is 0 Å². The molecule has 0 saturated heterocycles. The highest BCUT2D eigenvalue weighted by Gasteiger charge is 2.30. The van der Waals surface area contributed by atoms with Gasteiger partial charge in [-0.2, -0.15) is 0 Å². The van der Waals surface area contributed by atoms with E-state index < -0.39 is 6.10 Å². The Kier molecular flexibility index (Phi) is 3.64. The van der Waals surface area contributed by atoms with Gasteiger partial charge in [0.1, 0.15) is 5.82 Å². The molecule has 1 atom stereocenters. The molecule has 2 N–H and O–H groups in total. The Morgan fingerprint density at radius 1 is 1.47 bits per heavy atom. The highest BCUT2D eigenvalue weighted by molar-refractivity contribution is 5.51. The van der Waals surface area contributed by atoms with Crippen LogP contribution in [0.4, 0.5) is 10.1 Å². The predicted octanol–water partition coefficient (Wildman–Crippen LogP) is 1.84. The first-order valence-corrected chi connectivity index (χ1v) is 5.98. The number of hydrogen-bond donors (Lipinski definition) is 2. The van der Waals surface area contributed by atoms with Crippen molar-refractivity contribution in [3.8, 4) is 0 Å². The maximum absolute atomic E-state index is 13.9. The lowest BCUT2D eigenvalue weighted by Gasteiger charge is -2.24. The van der Waals surface area contributed by atoms with Crippen molar-refractivity contribution in [2.45, 2.75) is 31.9 Å². The molecule has 0 heterocycles. The van der Waals surface area contributed by atoms with E-state index in [0.717, 1.165) is 12.8 Å². The third-order valence-electron chi connectivity index (χ3n) is 3.09. The van der Waals surface area contributed by atoms with Crippen LogP contribution in [0.2, 0.25) is 0 Å². The number of aliphatic hydroxyl groups is 2. The van der Waals surface area contributed by atoms with Crippen LogP contribution < -0.4 is 4.90 Å². The molecule has 1 aliphatic carbocycles. The summed E-state index contributed by atoms with van der Waals surface area (Å²) < 4.78 is 13.9. The monoisotopic (exact) mass is 239 g/mol. The highest BCUT2D eigenvalue weighted by Crippen LogP contribution is 2.33. The molecule has 1 aliphatic rings. The van der Waals surface area contributed by atoms with Gasteiger partial charge in [0.25, 0.3) is 0 Å². The molecule has 4 heteroatoms. The standard InChI is InChI=1S/C13H18FNO2/c1-9(17)10-2-5-13(12(14)8-10)15(6-7-16)11-3-4-11/h2,5,8-9,11,16-17H,3-4,6-7H2,1H3. The first-order valence-electron chi connectivity index (χ1n) is 5.98. The van der Waals surface area contributed by atoms with Gasteiger partial charge in [0, 0.05) is 12.6 Å². The van der Waals surface area contributed by atoms with Gasteiger partial charge in [0.05, 0.1) is 18.4 Å². The SMILES string of the molecule is CC(O)c1ccc(N(CCO)C2CC2)c(F)c1. The van der Waals surface area contributed by atoms with Gasteiger partial charge < -0.3 is 15.1 Å². The second-order valence-corrected chi connectivity index (χ2v) is 4.53. The molecule has 0 bridgehead atoms. The summed E-state index contributed by atoms with van der Waals surface area (Å²) in [6, 6.07) is 5.14. The lowest BCUT2D eigenvalue weighted by atomic mass is 10.1. The summed E-state index contributed by atoms with van der Waals surface area (Å²) in [6.07, 6.45) is 1.45. The zero-order chi connectivity index (χ0) is 12.4.